The highest BCUT2D eigenvalue weighted by molar-refractivity contribution is 6.31. The highest BCUT2D eigenvalue weighted by Gasteiger charge is 2.72. The largest absolute Gasteiger partial charge is 0.490 e. The lowest BCUT2D eigenvalue weighted by molar-refractivity contribution is -0.192. The SMILES string of the molecule is Cc1cc(Cl)cc(-c2ncnn3cc(CN4C(=O)C5C(C4=O)C5(C)C)cc23)c1C(=O)N1CC(C)C(N)C1.O=C(O)C(F)(F)F. The summed E-state index contributed by atoms with van der Waals surface area (Å²) in [6.45, 7) is 9.09. The number of hydrogen-bond donors (Lipinski definition) is 2. The van der Waals surface area contributed by atoms with E-state index in [9.17, 15) is 27.6 Å². The number of halogens is 4. The van der Waals surface area contributed by atoms with Gasteiger partial charge < -0.3 is 15.7 Å². The van der Waals surface area contributed by atoms with Gasteiger partial charge in [0.05, 0.1) is 35.2 Å². The number of carbonyl (C=O) groups excluding carboxylic acids is 3. The zero-order valence-corrected chi connectivity index (χ0v) is 25.0. The molecule has 1 aromatic carbocycles. The summed E-state index contributed by atoms with van der Waals surface area (Å²) in [6, 6.07) is 5.33. The summed E-state index contributed by atoms with van der Waals surface area (Å²) < 4.78 is 33.4. The smallest absolute Gasteiger partial charge is 0.475 e. The fourth-order valence-corrected chi connectivity index (χ4v) is 6.42. The zero-order valence-electron chi connectivity index (χ0n) is 24.2. The minimum atomic E-state index is -5.08. The van der Waals surface area contributed by atoms with Crippen LogP contribution >= 0.6 is 11.6 Å². The molecular formula is C29H30ClF3N6O5. The number of nitrogens with two attached hydrogens (primary N) is 1. The van der Waals surface area contributed by atoms with Gasteiger partial charge in [-0.05, 0) is 47.6 Å². The van der Waals surface area contributed by atoms with Crippen molar-refractivity contribution in [2.45, 2.75) is 46.5 Å². The van der Waals surface area contributed by atoms with Crippen LogP contribution in [0.5, 0.6) is 0 Å². The number of alkyl halides is 3. The molecule has 3 fully saturated rings. The second-order valence-corrected chi connectivity index (χ2v) is 12.6. The van der Waals surface area contributed by atoms with Gasteiger partial charge in [-0.3, -0.25) is 19.3 Å². The number of rotatable bonds is 4. The van der Waals surface area contributed by atoms with Gasteiger partial charge in [0.2, 0.25) is 11.8 Å². The molecule has 234 valence electrons. The lowest BCUT2D eigenvalue weighted by atomic mass is 9.97. The Balaban J connectivity index is 0.000000493. The Hall–Kier alpha value is -4.04. The van der Waals surface area contributed by atoms with Crippen molar-refractivity contribution in [1.29, 1.82) is 0 Å². The van der Waals surface area contributed by atoms with Gasteiger partial charge in [0.25, 0.3) is 5.91 Å². The van der Waals surface area contributed by atoms with Crippen molar-refractivity contribution in [3.63, 3.8) is 0 Å². The van der Waals surface area contributed by atoms with E-state index in [4.69, 9.17) is 27.2 Å². The van der Waals surface area contributed by atoms with Gasteiger partial charge in [-0.1, -0.05) is 32.4 Å². The number of likely N-dealkylation sites (tertiary alicyclic amines) is 2. The Morgan fingerprint density at radius 2 is 1.75 bits per heavy atom. The molecule has 6 rings (SSSR count). The average Bonchev–Trinajstić information content (AvgIpc) is 3.22. The summed E-state index contributed by atoms with van der Waals surface area (Å²) >= 11 is 6.45. The molecule has 2 saturated heterocycles. The summed E-state index contributed by atoms with van der Waals surface area (Å²) in [7, 11) is 0. The highest BCUT2D eigenvalue weighted by Crippen LogP contribution is 2.63. The molecule has 1 saturated carbocycles. The van der Waals surface area contributed by atoms with Gasteiger partial charge in [-0.15, -0.1) is 0 Å². The first-order valence-electron chi connectivity index (χ1n) is 13.8. The molecule has 44 heavy (non-hydrogen) atoms. The van der Waals surface area contributed by atoms with Crippen molar-refractivity contribution >= 4 is 40.8 Å². The second-order valence-electron chi connectivity index (χ2n) is 12.1. The van der Waals surface area contributed by atoms with E-state index < -0.39 is 12.1 Å². The maximum atomic E-state index is 13.7. The highest BCUT2D eigenvalue weighted by atomic mass is 35.5. The maximum absolute atomic E-state index is 13.7. The van der Waals surface area contributed by atoms with Crippen LogP contribution in [-0.4, -0.2) is 78.5 Å². The number of benzene rings is 1. The molecule has 0 bridgehead atoms. The van der Waals surface area contributed by atoms with Gasteiger partial charge in [-0.25, -0.2) is 14.3 Å². The van der Waals surface area contributed by atoms with E-state index in [1.807, 2.05) is 33.8 Å². The van der Waals surface area contributed by atoms with E-state index in [0.717, 1.165) is 11.1 Å². The minimum Gasteiger partial charge on any atom is -0.475 e. The summed E-state index contributed by atoms with van der Waals surface area (Å²) in [5.74, 6) is -3.33. The number of nitrogens with zero attached hydrogens (tertiary/aromatic N) is 5. The molecule has 4 atom stereocenters. The van der Waals surface area contributed by atoms with E-state index >= 15 is 0 Å². The van der Waals surface area contributed by atoms with Gasteiger partial charge in [0.15, 0.2) is 0 Å². The number of aryl methyl sites for hydroxylation is 1. The first-order chi connectivity index (χ1) is 20.4. The minimum absolute atomic E-state index is 0.0634. The van der Waals surface area contributed by atoms with Crippen LogP contribution in [-0.2, 0) is 20.9 Å². The Bertz CT molecular complexity index is 1670. The van der Waals surface area contributed by atoms with Gasteiger partial charge in [0.1, 0.15) is 6.33 Å². The lowest BCUT2D eigenvalue weighted by Crippen LogP contribution is -2.35. The molecule has 4 unspecified atom stereocenters. The number of aromatic nitrogens is 3. The molecule has 3 amide bonds. The molecule has 3 aliphatic rings. The van der Waals surface area contributed by atoms with Crippen LogP contribution in [0.1, 0.15) is 42.3 Å². The predicted octanol–water partition coefficient (Wildman–Crippen LogP) is 3.55. The number of aliphatic carboxylic acids is 1. The van der Waals surface area contributed by atoms with Gasteiger partial charge in [-0.2, -0.15) is 18.3 Å². The molecular weight excluding hydrogens is 605 g/mol. The Kier molecular flexibility index (Phi) is 7.73. The lowest BCUT2D eigenvalue weighted by Gasteiger charge is -2.20. The molecule has 4 heterocycles. The molecule has 2 aliphatic heterocycles. The number of carboxylic acid groups (broad SMARTS) is 1. The third-order valence-electron chi connectivity index (χ3n) is 8.66. The van der Waals surface area contributed by atoms with Crippen molar-refractivity contribution in [2.75, 3.05) is 13.1 Å². The molecule has 3 aromatic rings. The van der Waals surface area contributed by atoms with Crippen LogP contribution in [0.3, 0.4) is 0 Å². The maximum Gasteiger partial charge on any atom is 0.490 e. The van der Waals surface area contributed by atoms with Crippen LogP contribution < -0.4 is 5.73 Å². The van der Waals surface area contributed by atoms with Gasteiger partial charge in [0, 0.05) is 35.9 Å². The number of amides is 3. The Morgan fingerprint density at radius 1 is 1.14 bits per heavy atom. The van der Waals surface area contributed by atoms with Crippen molar-refractivity contribution in [1.82, 2.24) is 24.4 Å². The van der Waals surface area contributed by atoms with Crippen LogP contribution in [0.2, 0.25) is 5.02 Å². The van der Waals surface area contributed by atoms with Crippen molar-refractivity contribution in [3.05, 3.63) is 52.4 Å². The summed E-state index contributed by atoms with van der Waals surface area (Å²) in [6.07, 6.45) is -1.87. The number of imide groups is 1. The molecule has 2 aromatic heterocycles. The second kappa shape index (κ2) is 10.8. The number of carboxylic acids is 1. The Morgan fingerprint density at radius 3 is 2.30 bits per heavy atom. The van der Waals surface area contributed by atoms with E-state index in [-0.39, 0.29) is 53.5 Å². The van der Waals surface area contributed by atoms with Crippen molar-refractivity contribution in [2.24, 2.45) is 28.9 Å². The molecule has 0 radical (unpaired) electrons. The molecule has 1 aliphatic carbocycles. The number of hydrogen-bond acceptors (Lipinski definition) is 7. The average molecular weight is 635 g/mol. The number of carbonyl (C=O) groups is 4. The monoisotopic (exact) mass is 634 g/mol. The summed E-state index contributed by atoms with van der Waals surface area (Å²) in [5, 5.41) is 12.0. The van der Waals surface area contributed by atoms with Crippen molar-refractivity contribution in [3.8, 4) is 11.3 Å². The van der Waals surface area contributed by atoms with Gasteiger partial charge >= 0.3 is 12.1 Å². The molecule has 15 heteroatoms. The molecule has 11 nitrogen and oxygen atoms in total. The summed E-state index contributed by atoms with van der Waals surface area (Å²) in [5.41, 5.74) is 9.80. The molecule has 3 N–H and O–H groups in total. The first-order valence-corrected chi connectivity index (χ1v) is 14.1. The van der Waals surface area contributed by atoms with E-state index in [1.54, 1.807) is 27.7 Å². The number of piperidine rings is 1. The third kappa shape index (κ3) is 5.40. The van der Waals surface area contributed by atoms with Crippen LogP contribution in [0.25, 0.3) is 16.8 Å². The summed E-state index contributed by atoms with van der Waals surface area (Å²) in [4.78, 5) is 56.0. The Labute approximate surface area is 254 Å². The van der Waals surface area contributed by atoms with E-state index in [1.165, 1.54) is 11.2 Å². The molecule has 0 spiro atoms. The quantitative estimate of drug-likeness (QED) is 0.414. The van der Waals surface area contributed by atoms with Crippen LogP contribution in [0.15, 0.2) is 30.7 Å². The van der Waals surface area contributed by atoms with Crippen LogP contribution in [0.4, 0.5) is 13.2 Å². The zero-order chi connectivity index (χ0) is 32.5. The fraction of sp³-hybridized carbons (Fsp3) is 0.448. The number of fused-ring (bicyclic) bond motifs is 2. The van der Waals surface area contributed by atoms with Crippen LogP contribution in [0, 0.1) is 30.1 Å². The van der Waals surface area contributed by atoms with E-state index in [2.05, 4.69) is 10.1 Å². The van der Waals surface area contributed by atoms with E-state index in [0.29, 0.717) is 40.4 Å². The van der Waals surface area contributed by atoms with Crippen molar-refractivity contribution < 1.29 is 37.5 Å². The predicted molar refractivity (Wildman–Crippen MR) is 151 cm³/mol. The normalized spacial score (nSPS) is 23.9. The third-order valence-corrected chi connectivity index (χ3v) is 8.88. The first kappa shape index (κ1) is 31.4. The topological polar surface area (TPSA) is 151 Å². The standard InChI is InChI=1S/C27H29ClN6O3.C2HF3O2/c1-13-5-16(28)7-17(20(13)24(35)32-8-14(2)18(29)11-32)23-19-6-15(10-34(19)31-12-30-23)9-33-25(36)21-22(26(33)37)27(21,3)4;3-2(4,5)1(6)7/h5-7,10,12,14,18,21-22H,8-9,11,29H2,1-4H3;(H,6,7). The fourth-order valence-electron chi connectivity index (χ4n) is 6.15.